The minimum atomic E-state index is 0.833. The third kappa shape index (κ3) is 2.83. The van der Waals surface area contributed by atoms with E-state index < -0.39 is 0 Å². The van der Waals surface area contributed by atoms with Gasteiger partial charge < -0.3 is 5.21 Å². The van der Waals surface area contributed by atoms with E-state index in [-0.39, 0.29) is 0 Å². The van der Waals surface area contributed by atoms with Crippen molar-refractivity contribution in [3.8, 4) is 0 Å². The van der Waals surface area contributed by atoms with Crippen molar-refractivity contribution in [2.45, 2.75) is 39.0 Å². The van der Waals surface area contributed by atoms with Crippen LogP contribution >= 0.6 is 15.9 Å². The quantitative estimate of drug-likeness (QED) is 0.615. The van der Waals surface area contributed by atoms with Crippen LogP contribution in [0.1, 0.15) is 44.6 Å². The Hall–Kier alpha value is -1.09. The molecule has 0 aromatic heterocycles. The predicted octanol–water partition coefficient (Wildman–Crippen LogP) is 5.02. The molecule has 1 aliphatic carbocycles. The lowest BCUT2D eigenvalue weighted by atomic mass is 9.98. The maximum atomic E-state index is 9.15. The summed E-state index contributed by atoms with van der Waals surface area (Å²) in [7, 11) is 0. The first-order valence-corrected chi connectivity index (χ1v) is 7.24. The highest BCUT2D eigenvalue weighted by molar-refractivity contribution is 9.10. The van der Waals surface area contributed by atoms with Gasteiger partial charge in [0.05, 0.1) is 5.71 Å². The third-order valence-electron chi connectivity index (χ3n) is 3.37. The van der Waals surface area contributed by atoms with Crippen LogP contribution in [0.4, 0.5) is 0 Å². The van der Waals surface area contributed by atoms with E-state index in [2.05, 4.69) is 40.1 Å². The summed E-state index contributed by atoms with van der Waals surface area (Å²) in [6.45, 7) is 2.20. The zero-order chi connectivity index (χ0) is 13.0. The van der Waals surface area contributed by atoms with Gasteiger partial charge in [0.15, 0.2) is 0 Å². The normalized spacial score (nSPS) is 17.8. The molecule has 3 heteroatoms. The average molecular weight is 308 g/mol. The molecular formula is C15H18BrNO. The largest absolute Gasteiger partial charge is 0.411 e. The molecule has 0 unspecified atom stereocenters. The van der Waals surface area contributed by atoms with Gasteiger partial charge in [-0.3, -0.25) is 0 Å². The lowest BCUT2D eigenvalue weighted by Gasteiger charge is -2.08. The number of allylic oxidation sites excluding steroid dienone is 2. The first-order valence-electron chi connectivity index (χ1n) is 6.45. The molecule has 96 valence electrons. The number of hydrogen-bond donors (Lipinski definition) is 1. The SMILES string of the molecule is CCCCC1=C(c2cccc(Br)c2)/C(=N/O)CC1. The Morgan fingerprint density at radius 3 is 2.83 bits per heavy atom. The fourth-order valence-corrected chi connectivity index (χ4v) is 2.88. The second kappa shape index (κ2) is 6.19. The summed E-state index contributed by atoms with van der Waals surface area (Å²) in [4.78, 5) is 0. The molecule has 0 atom stereocenters. The van der Waals surface area contributed by atoms with Crippen LogP contribution in [0, 0.1) is 0 Å². The van der Waals surface area contributed by atoms with Gasteiger partial charge in [-0.15, -0.1) is 0 Å². The highest BCUT2D eigenvalue weighted by Crippen LogP contribution is 2.35. The Balaban J connectivity index is 2.40. The summed E-state index contributed by atoms with van der Waals surface area (Å²) < 4.78 is 1.06. The van der Waals surface area contributed by atoms with Gasteiger partial charge in [0.1, 0.15) is 0 Å². The highest BCUT2D eigenvalue weighted by atomic mass is 79.9. The van der Waals surface area contributed by atoms with Gasteiger partial charge >= 0.3 is 0 Å². The fourth-order valence-electron chi connectivity index (χ4n) is 2.48. The van der Waals surface area contributed by atoms with E-state index >= 15 is 0 Å². The maximum Gasteiger partial charge on any atom is 0.0876 e. The molecule has 1 aliphatic rings. The monoisotopic (exact) mass is 307 g/mol. The summed E-state index contributed by atoms with van der Waals surface area (Å²) in [6, 6.07) is 8.22. The van der Waals surface area contributed by atoms with Crippen molar-refractivity contribution in [3.05, 3.63) is 39.9 Å². The van der Waals surface area contributed by atoms with E-state index in [0.717, 1.165) is 40.6 Å². The van der Waals surface area contributed by atoms with E-state index in [1.165, 1.54) is 18.4 Å². The van der Waals surface area contributed by atoms with Crippen molar-refractivity contribution in [1.29, 1.82) is 0 Å². The molecule has 0 saturated heterocycles. The van der Waals surface area contributed by atoms with E-state index in [1.54, 1.807) is 0 Å². The Morgan fingerprint density at radius 1 is 1.33 bits per heavy atom. The fraction of sp³-hybridized carbons (Fsp3) is 0.400. The van der Waals surface area contributed by atoms with Crippen molar-refractivity contribution in [2.24, 2.45) is 5.16 Å². The predicted molar refractivity (Wildman–Crippen MR) is 79.0 cm³/mol. The van der Waals surface area contributed by atoms with Crippen LogP contribution < -0.4 is 0 Å². The molecule has 0 spiro atoms. The number of rotatable bonds is 4. The van der Waals surface area contributed by atoms with Crippen LogP contribution in [0.25, 0.3) is 5.57 Å². The molecule has 0 saturated carbocycles. The number of halogens is 1. The lowest BCUT2D eigenvalue weighted by molar-refractivity contribution is 0.319. The van der Waals surface area contributed by atoms with Crippen molar-refractivity contribution >= 4 is 27.2 Å². The Kier molecular flexibility index (Phi) is 4.59. The first-order chi connectivity index (χ1) is 8.76. The number of oxime groups is 1. The van der Waals surface area contributed by atoms with Crippen molar-refractivity contribution in [1.82, 2.24) is 0 Å². The van der Waals surface area contributed by atoms with Crippen LogP contribution in [0.15, 0.2) is 39.5 Å². The van der Waals surface area contributed by atoms with Crippen molar-refractivity contribution < 1.29 is 5.21 Å². The van der Waals surface area contributed by atoms with Gasteiger partial charge in [-0.25, -0.2) is 0 Å². The molecule has 1 aromatic rings. The highest BCUT2D eigenvalue weighted by Gasteiger charge is 2.22. The second-order valence-corrected chi connectivity index (χ2v) is 5.55. The molecule has 0 bridgehead atoms. The minimum Gasteiger partial charge on any atom is -0.411 e. The van der Waals surface area contributed by atoms with E-state index in [4.69, 9.17) is 5.21 Å². The van der Waals surface area contributed by atoms with Crippen molar-refractivity contribution in [3.63, 3.8) is 0 Å². The number of nitrogens with zero attached hydrogens (tertiary/aromatic N) is 1. The summed E-state index contributed by atoms with van der Waals surface area (Å²) in [5, 5.41) is 12.6. The van der Waals surface area contributed by atoms with Crippen LogP contribution in [0.3, 0.4) is 0 Å². The van der Waals surface area contributed by atoms with Gasteiger partial charge in [-0.1, -0.05) is 52.1 Å². The Bertz CT molecular complexity index is 491. The molecule has 1 aromatic carbocycles. The van der Waals surface area contributed by atoms with Crippen LogP contribution in [0.5, 0.6) is 0 Å². The average Bonchev–Trinajstić information content (AvgIpc) is 2.79. The van der Waals surface area contributed by atoms with E-state index in [0.29, 0.717) is 0 Å². The number of unbranched alkanes of at least 4 members (excludes halogenated alkanes) is 1. The third-order valence-corrected chi connectivity index (χ3v) is 3.87. The Morgan fingerprint density at radius 2 is 2.17 bits per heavy atom. The Labute approximate surface area is 117 Å². The summed E-state index contributed by atoms with van der Waals surface area (Å²) in [5.41, 5.74) is 4.58. The van der Waals surface area contributed by atoms with Gasteiger partial charge in [0.2, 0.25) is 0 Å². The van der Waals surface area contributed by atoms with E-state index in [9.17, 15) is 0 Å². The number of hydrogen-bond acceptors (Lipinski definition) is 2. The molecule has 0 aliphatic heterocycles. The summed E-state index contributed by atoms with van der Waals surface area (Å²) in [5.74, 6) is 0. The standard InChI is InChI=1S/C15H18BrNO/c1-2-3-5-11-8-9-14(17-18)15(11)12-6-4-7-13(16)10-12/h4,6-7,10,18H,2-3,5,8-9H2,1H3/b17-14+. The first kappa shape index (κ1) is 13.3. The molecule has 18 heavy (non-hydrogen) atoms. The summed E-state index contributed by atoms with van der Waals surface area (Å²) in [6.07, 6.45) is 5.39. The number of benzene rings is 1. The molecule has 1 N–H and O–H groups in total. The molecular weight excluding hydrogens is 290 g/mol. The molecule has 0 amide bonds. The van der Waals surface area contributed by atoms with Gasteiger partial charge in [0, 0.05) is 10.0 Å². The second-order valence-electron chi connectivity index (χ2n) is 4.64. The molecule has 0 heterocycles. The summed E-state index contributed by atoms with van der Waals surface area (Å²) >= 11 is 3.50. The van der Waals surface area contributed by atoms with Crippen molar-refractivity contribution in [2.75, 3.05) is 0 Å². The van der Waals surface area contributed by atoms with Crippen LogP contribution in [0.2, 0.25) is 0 Å². The smallest absolute Gasteiger partial charge is 0.0876 e. The molecule has 0 radical (unpaired) electrons. The maximum absolute atomic E-state index is 9.15. The van der Waals surface area contributed by atoms with Crippen LogP contribution in [-0.2, 0) is 0 Å². The van der Waals surface area contributed by atoms with Gasteiger partial charge in [0.25, 0.3) is 0 Å². The molecule has 0 fully saturated rings. The van der Waals surface area contributed by atoms with Gasteiger partial charge in [-0.2, -0.15) is 0 Å². The molecule has 2 nitrogen and oxygen atoms in total. The topological polar surface area (TPSA) is 32.6 Å². The van der Waals surface area contributed by atoms with Gasteiger partial charge in [-0.05, 0) is 43.4 Å². The van der Waals surface area contributed by atoms with Crippen LogP contribution in [-0.4, -0.2) is 10.9 Å². The zero-order valence-corrected chi connectivity index (χ0v) is 12.2. The van der Waals surface area contributed by atoms with E-state index in [1.807, 2.05) is 12.1 Å². The molecule has 2 rings (SSSR count). The lowest BCUT2D eigenvalue weighted by Crippen LogP contribution is -1.97. The minimum absolute atomic E-state index is 0.833. The zero-order valence-electron chi connectivity index (χ0n) is 10.6.